The van der Waals surface area contributed by atoms with Gasteiger partial charge in [0.15, 0.2) is 0 Å². The van der Waals surface area contributed by atoms with Crippen molar-refractivity contribution in [2.45, 2.75) is 28.8 Å². The van der Waals surface area contributed by atoms with Crippen molar-refractivity contribution in [2.75, 3.05) is 0 Å². The fourth-order valence-electron chi connectivity index (χ4n) is 1.64. The molecule has 0 amide bonds. The van der Waals surface area contributed by atoms with Crippen molar-refractivity contribution in [3.8, 4) is 0 Å². The lowest BCUT2D eigenvalue weighted by molar-refractivity contribution is -0.0436. The molecule has 3 nitrogen and oxygen atoms in total. The van der Waals surface area contributed by atoms with Crippen molar-refractivity contribution in [2.24, 2.45) is 5.73 Å². The molecule has 0 saturated heterocycles. The van der Waals surface area contributed by atoms with Crippen LogP contribution in [0, 0.1) is 0 Å². The molecule has 0 bridgehead atoms. The third kappa shape index (κ3) is 2.16. The molecule has 1 fully saturated rings. The maximum absolute atomic E-state index is 12.3. The number of hydrogen-bond donors (Lipinski definition) is 1. The molecule has 1 saturated carbocycles. The van der Waals surface area contributed by atoms with Crippen molar-refractivity contribution in [1.82, 2.24) is 0 Å². The normalized spacial score (nSPS) is 24.7. The second-order valence-electron chi connectivity index (χ2n) is 4.03. The lowest BCUT2D eigenvalue weighted by atomic mass is 10.1. The highest BCUT2D eigenvalue weighted by molar-refractivity contribution is 7.92. The van der Waals surface area contributed by atoms with Gasteiger partial charge in [-0.05, 0) is 24.1 Å². The number of hydrogen-bond acceptors (Lipinski definition) is 3. The maximum atomic E-state index is 12.3. The van der Waals surface area contributed by atoms with Crippen LogP contribution in [0.4, 0.5) is 13.2 Å². The summed E-state index contributed by atoms with van der Waals surface area (Å²) < 4.78 is 59.3. The third-order valence-electron chi connectivity index (χ3n) is 2.74. The minimum absolute atomic E-state index is 0.0293. The fourth-order valence-corrected chi connectivity index (χ4v) is 2.46. The van der Waals surface area contributed by atoms with Crippen LogP contribution < -0.4 is 5.73 Å². The van der Waals surface area contributed by atoms with Gasteiger partial charge in [-0.2, -0.15) is 13.2 Å². The van der Waals surface area contributed by atoms with E-state index in [-0.39, 0.29) is 12.0 Å². The molecule has 1 aromatic rings. The van der Waals surface area contributed by atoms with Gasteiger partial charge >= 0.3 is 5.51 Å². The summed E-state index contributed by atoms with van der Waals surface area (Å²) in [6, 6.07) is 4.81. The Morgan fingerprint density at radius 3 is 2.35 bits per heavy atom. The van der Waals surface area contributed by atoms with E-state index in [0.717, 1.165) is 12.1 Å². The molecule has 2 rings (SSSR count). The molecule has 1 aliphatic rings. The summed E-state index contributed by atoms with van der Waals surface area (Å²) in [4.78, 5) is -0.721. The van der Waals surface area contributed by atoms with Crippen LogP contribution in [-0.4, -0.2) is 20.0 Å². The first-order valence-corrected chi connectivity index (χ1v) is 6.38. The molecule has 94 valence electrons. The summed E-state index contributed by atoms with van der Waals surface area (Å²) in [5, 5.41) is 0. The van der Waals surface area contributed by atoms with E-state index in [2.05, 4.69) is 0 Å². The van der Waals surface area contributed by atoms with E-state index in [1.165, 1.54) is 6.07 Å². The number of benzene rings is 1. The number of halogens is 3. The topological polar surface area (TPSA) is 60.2 Å². The lowest BCUT2D eigenvalue weighted by Gasteiger charge is -2.09. The Bertz CT molecular complexity index is 539. The predicted molar refractivity (Wildman–Crippen MR) is 55.0 cm³/mol. The minimum atomic E-state index is -5.27. The molecule has 17 heavy (non-hydrogen) atoms. The van der Waals surface area contributed by atoms with Crippen LogP contribution in [-0.2, 0) is 9.84 Å². The quantitative estimate of drug-likeness (QED) is 0.887. The molecule has 0 spiro atoms. The molecule has 1 aromatic carbocycles. The summed E-state index contributed by atoms with van der Waals surface area (Å²) in [5.41, 5.74) is 0.849. The number of sulfone groups is 1. The SMILES string of the molecule is N[C@@H]1C[C@H]1c1cccc(S(=O)(=O)C(F)(F)F)c1. The molecule has 0 heterocycles. The summed E-state index contributed by atoms with van der Waals surface area (Å²) in [6.45, 7) is 0. The molecular weight excluding hydrogens is 255 g/mol. The van der Waals surface area contributed by atoms with Crippen molar-refractivity contribution < 1.29 is 21.6 Å². The van der Waals surface area contributed by atoms with Crippen LogP contribution >= 0.6 is 0 Å². The maximum Gasteiger partial charge on any atom is 0.501 e. The van der Waals surface area contributed by atoms with E-state index in [9.17, 15) is 21.6 Å². The summed E-state index contributed by atoms with van der Waals surface area (Å²) in [5.74, 6) is -0.0293. The Morgan fingerprint density at radius 1 is 1.29 bits per heavy atom. The van der Waals surface area contributed by atoms with Crippen molar-refractivity contribution in [3.05, 3.63) is 29.8 Å². The monoisotopic (exact) mass is 265 g/mol. The second kappa shape index (κ2) is 3.71. The molecule has 0 radical (unpaired) electrons. The van der Waals surface area contributed by atoms with E-state index < -0.39 is 20.2 Å². The zero-order valence-electron chi connectivity index (χ0n) is 8.61. The van der Waals surface area contributed by atoms with Crippen molar-refractivity contribution in [1.29, 1.82) is 0 Å². The number of alkyl halides is 3. The first kappa shape index (κ1) is 12.4. The zero-order valence-corrected chi connectivity index (χ0v) is 9.42. The van der Waals surface area contributed by atoms with Crippen LogP contribution in [0.3, 0.4) is 0 Å². The highest BCUT2D eigenvalue weighted by atomic mass is 32.2. The largest absolute Gasteiger partial charge is 0.501 e. The zero-order chi connectivity index (χ0) is 12.8. The molecule has 0 unspecified atom stereocenters. The first-order chi connectivity index (χ1) is 7.73. The van der Waals surface area contributed by atoms with Crippen LogP contribution in [0.2, 0.25) is 0 Å². The Hall–Kier alpha value is -1.08. The van der Waals surface area contributed by atoms with Crippen LogP contribution in [0.5, 0.6) is 0 Å². The standard InChI is InChI=1S/C10H10F3NO2S/c11-10(12,13)17(15,16)7-3-1-2-6(4-7)8-5-9(8)14/h1-4,8-9H,5,14H2/t8-,9+/m0/s1. The highest BCUT2D eigenvalue weighted by Crippen LogP contribution is 2.40. The van der Waals surface area contributed by atoms with Crippen molar-refractivity contribution >= 4 is 9.84 Å². The molecule has 1 aliphatic carbocycles. The Labute approximate surface area is 96.3 Å². The van der Waals surface area contributed by atoms with Gasteiger partial charge < -0.3 is 5.73 Å². The molecule has 2 N–H and O–H groups in total. The van der Waals surface area contributed by atoms with Gasteiger partial charge in [0.05, 0.1) is 4.90 Å². The van der Waals surface area contributed by atoms with Crippen LogP contribution in [0.25, 0.3) is 0 Å². The second-order valence-corrected chi connectivity index (χ2v) is 5.97. The Morgan fingerprint density at radius 2 is 1.88 bits per heavy atom. The van der Waals surface area contributed by atoms with Crippen molar-refractivity contribution in [3.63, 3.8) is 0 Å². The van der Waals surface area contributed by atoms with E-state index >= 15 is 0 Å². The molecule has 2 atom stereocenters. The predicted octanol–water partition coefficient (Wildman–Crippen LogP) is 1.79. The Balaban J connectivity index is 2.41. The van der Waals surface area contributed by atoms with Gasteiger partial charge in [-0.25, -0.2) is 8.42 Å². The lowest BCUT2D eigenvalue weighted by Crippen LogP contribution is -2.23. The number of rotatable bonds is 2. The van der Waals surface area contributed by atoms with Gasteiger partial charge in [0.1, 0.15) is 0 Å². The first-order valence-electron chi connectivity index (χ1n) is 4.90. The molecule has 0 aromatic heterocycles. The average molecular weight is 265 g/mol. The van der Waals surface area contributed by atoms with E-state index in [1.54, 1.807) is 6.07 Å². The van der Waals surface area contributed by atoms with Gasteiger partial charge in [0.2, 0.25) is 0 Å². The molecular formula is C10H10F3NO2S. The van der Waals surface area contributed by atoms with E-state index in [1.807, 2.05) is 0 Å². The van der Waals surface area contributed by atoms with Gasteiger partial charge in [0.25, 0.3) is 9.84 Å². The summed E-state index contributed by atoms with van der Waals surface area (Å²) in [6.07, 6.45) is 0.676. The third-order valence-corrected chi connectivity index (χ3v) is 4.23. The van der Waals surface area contributed by atoms with Crippen LogP contribution in [0.1, 0.15) is 17.9 Å². The summed E-state index contributed by atoms with van der Waals surface area (Å²) >= 11 is 0. The van der Waals surface area contributed by atoms with Gasteiger partial charge in [0, 0.05) is 12.0 Å². The van der Waals surface area contributed by atoms with Crippen LogP contribution in [0.15, 0.2) is 29.2 Å². The summed E-state index contributed by atoms with van der Waals surface area (Å²) in [7, 11) is -5.26. The fraction of sp³-hybridized carbons (Fsp3) is 0.400. The molecule has 7 heteroatoms. The highest BCUT2D eigenvalue weighted by Gasteiger charge is 2.47. The van der Waals surface area contributed by atoms with Gasteiger partial charge in [-0.1, -0.05) is 12.1 Å². The number of nitrogens with two attached hydrogens (primary N) is 1. The van der Waals surface area contributed by atoms with Gasteiger partial charge in [-0.3, -0.25) is 0 Å². The van der Waals surface area contributed by atoms with E-state index in [0.29, 0.717) is 12.0 Å². The smallest absolute Gasteiger partial charge is 0.327 e. The molecule has 0 aliphatic heterocycles. The van der Waals surface area contributed by atoms with Gasteiger partial charge in [-0.15, -0.1) is 0 Å². The average Bonchev–Trinajstić information content (AvgIpc) is 2.94. The minimum Gasteiger partial charge on any atom is -0.327 e. The van der Waals surface area contributed by atoms with E-state index in [4.69, 9.17) is 5.73 Å². The Kier molecular flexibility index (Phi) is 2.70.